The number of hydrogen-bond donors (Lipinski definition) is 2. The number of anilines is 1. The molecule has 0 saturated carbocycles. The molecule has 0 aliphatic carbocycles. The third kappa shape index (κ3) is 3.15. The van der Waals surface area contributed by atoms with E-state index in [1.165, 1.54) is 11.1 Å². The van der Waals surface area contributed by atoms with E-state index in [-0.39, 0.29) is 6.10 Å². The second kappa shape index (κ2) is 6.07. The lowest BCUT2D eigenvalue weighted by atomic mass is 10.1. The minimum Gasteiger partial charge on any atom is -0.495 e. The summed E-state index contributed by atoms with van der Waals surface area (Å²) in [5.74, 6) is 0.891. The smallest absolute Gasteiger partial charge is 0.142 e. The molecule has 0 aromatic heterocycles. The first-order valence-electron chi connectivity index (χ1n) is 6.42. The van der Waals surface area contributed by atoms with Gasteiger partial charge in [0, 0.05) is 19.6 Å². The van der Waals surface area contributed by atoms with E-state index in [1.54, 1.807) is 7.11 Å². The van der Waals surface area contributed by atoms with Crippen molar-refractivity contribution in [1.29, 1.82) is 0 Å². The fourth-order valence-electron chi connectivity index (χ4n) is 2.07. The van der Waals surface area contributed by atoms with Gasteiger partial charge in [-0.3, -0.25) is 0 Å². The van der Waals surface area contributed by atoms with Gasteiger partial charge < -0.3 is 20.1 Å². The van der Waals surface area contributed by atoms with Gasteiger partial charge in [-0.1, -0.05) is 0 Å². The highest BCUT2D eigenvalue weighted by molar-refractivity contribution is 5.60. The topological polar surface area (TPSA) is 42.5 Å². The van der Waals surface area contributed by atoms with Gasteiger partial charge in [-0.25, -0.2) is 0 Å². The maximum Gasteiger partial charge on any atom is 0.142 e. The molecule has 1 aromatic rings. The molecule has 18 heavy (non-hydrogen) atoms. The monoisotopic (exact) mass is 250 g/mol. The Hall–Kier alpha value is -1.26. The van der Waals surface area contributed by atoms with Crippen LogP contribution in [0.2, 0.25) is 0 Å². The van der Waals surface area contributed by atoms with E-state index in [9.17, 15) is 0 Å². The largest absolute Gasteiger partial charge is 0.495 e. The second-order valence-corrected chi connectivity index (χ2v) is 4.71. The molecule has 1 aliphatic rings. The molecule has 1 unspecified atom stereocenters. The molecule has 1 atom stereocenters. The Morgan fingerprint density at radius 2 is 2.17 bits per heavy atom. The summed E-state index contributed by atoms with van der Waals surface area (Å²) < 4.78 is 11.1. The predicted octanol–water partition coefficient (Wildman–Crippen LogP) is 1.71. The molecule has 4 nitrogen and oxygen atoms in total. The summed E-state index contributed by atoms with van der Waals surface area (Å²) in [7, 11) is 1.70. The Balaban J connectivity index is 2.01. The number of hydrogen-bond acceptors (Lipinski definition) is 4. The highest BCUT2D eigenvalue weighted by Crippen LogP contribution is 2.27. The molecule has 1 heterocycles. The Bertz CT molecular complexity index is 401. The molecule has 0 bridgehead atoms. The van der Waals surface area contributed by atoms with E-state index >= 15 is 0 Å². The van der Waals surface area contributed by atoms with Crippen LogP contribution < -0.4 is 15.4 Å². The lowest BCUT2D eigenvalue weighted by Gasteiger charge is -2.24. The molecule has 1 saturated heterocycles. The molecule has 2 N–H and O–H groups in total. The lowest BCUT2D eigenvalue weighted by molar-refractivity contribution is 0.0372. The summed E-state index contributed by atoms with van der Waals surface area (Å²) in [5.41, 5.74) is 3.55. The molecule has 0 amide bonds. The van der Waals surface area contributed by atoms with Crippen LogP contribution in [-0.4, -0.2) is 39.5 Å². The van der Waals surface area contributed by atoms with Gasteiger partial charge in [0.2, 0.25) is 0 Å². The van der Waals surface area contributed by atoms with Gasteiger partial charge in [-0.05, 0) is 37.1 Å². The number of benzene rings is 1. The molecule has 0 spiro atoms. The Labute approximate surface area is 109 Å². The Kier molecular flexibility index (Phi) is 4.44. The quantitative estimate of drug-likeness (QED) is 0.854. The maximum atomic E-state index is 5.66. The molecule has 100 valence electrons. The van der Waals surface area contributed by atoms with Gasteiger partial charge in [0.15, 0.2) is 0 Å². The predicted molar refractivity (Wildman–Crippen MR) is 73.6 cm³/mol. The van der Waals surface area contributed by atoms with E-state index in [4.69, 9.17) is 9.47 Å². The number of nitrogens with one attached hydrogen (secondary N) is 2. The fourth-order valence-corrected chi connectivity index (χ4v) is 2.07. The molecular formula is C14H22N2O2. The van der Waals surface area contributed by atoms with Crippen LogP contribution in [0, 0.1) is 13.8 Å². The summed E-state index contributed by atoms with van der Waals surface area (Å²) in [6.07, 6.45) is 0.227. The van der Waals surface area contributed by atoms with Crippen molar-refractivity contribution in [2.75, 3.05) is 38.7 Å². The first kappa shape index (κ1) is 13.2. The molecule has 1 aromatic carbocycles. The summed E-state index contributed by atoms with van der Waals surface area (Å²) in [5, 5.41) is 6.74. The minimum absolute atomic E-state index is 0.227. The fraction of sp³-hybridized carbons (Fsp3) is 0.571. The zero-order valence-electron chi connectivity index (χ0n) is 11.4. The van der Waals surface area contributed by atoms with E-state index in [0.29, 0.717) is 0 Å². The zero-order chi connectivity index (χ0) is 13.0. The van der Waals surface area contributed by atoms with E-state index in [2.05, 4.69) is 36.6 Å². The third-order valence-corrected chi connectivity index (χ3v) is 3.34. The van der Waals surface area contributed by atoms with Crippen molar-refractivity contribution < 1.29 is 9.47 Å². The SMILES string of the molecule is COc1cc(C)c(C)cc1NCC1CNCCO1. The van der Waals surface area contributed by atoms with E-state index in [1.807, 2.05) is 0 Å². The third-order valence-electron chi connectivity index (χ3n) is 3.34. The van der Waals surface area contributed by atoms with Gasteiger partial charge in [0.05, 0.1) is 25.5 Å². The highest BCUT2D eigenvalue weighted by atomic mass is 16.5. The number of aryl methyl sites for hydroxylation is 2. The van der Waals surface area contributed by atoms with Crippen molar-refractivity contribution in [2.45, 2.75) is 20.0 Å². The van der Waals surface area contributed by atoms with Crippen LogP contribution in [0.5, 0.6) is 5.75 Å². The van der Waals surface area contributed by atoms with Crippen molar-refractivity contribution in [3.63, 3.8) is 0 Å². The van der Waals surface area contributed by atoms with Crippen LogP contribution in [0.3, 0.4) is 0 Å². The zero-order valence-corrected chi connectivity index (χ0v) is 11.4. The molecule has 1 fully saturated rings. The van der Waals surface area contributed by atoms with Crippen molar-refractivity contribution in [2.24, 2.45) is 0 Å². The standard InChI is InChI=1S/C14H22N2O2/c1-10-6-13(14(17-3)7-11(10)2)16-9-12-8-15-4-5-18-12/h6-7,12,15-16H,4-5,8-9H2,1-3H3. The van der Waals surface area contributed by atoms with Gasteiger partial charge in [-0.2, -0.15) is 0 Å². The van der Waals surface area contributed by atoms with Gasteiger partial charge in [-0.15, -0.1) is 0 Å². The minimum atomic E-state index is 0.227. The second-order valence-electron chi connectivity index (χ2n) is 4.71. The summed E-state index contributed by atoms with van der Waals surface area (Å²) in [6.45, 7) is 7.64. The number of methoxy groups -OCH3 is 1. The molecule has 4 heteroatoms. The van der Waals surface area contributed by atoms with Gasteiger partial charge >= 0.3 is 0 Å². The van der Waals surface area contributed by atoms with Gasteiger partial charge in [0.1, 0.15) is 5.75 Å². The first-order valence-corrected chi connectivity index (χ1v) is 6.42. The molecule has 2 rings (SSSR count). The summed E-state index contributed by atoms with van der Waals surface area (Å²) in [4.78, 5) is 0. The van der Waals surface area contributed by atoms with E-state index in [0.717, 1.165) is 37.7 Å². The van der Waals surface area contributed by atoms with E-state index < -0.39 is 0 Å². The van der Waals surface area contributed by atoms with Crippen LogP contribution in [0.4, 0.5) is 5.69 Å². The van der Waals surface area contributed by atoms with Gasteiger partial charge in [0.25, 0.3) is 0 Å². The Morgan fingerprint density at radius 3 is 2.83 bits per heavy atom. The highest BCUT2D eigenvalue weighted by Gasteiger charge is 2.14. The number of rotatable bonds is 4. The molecular weight excluding hydrogens is 228 g/mol. The average Bonchev–Trinajstić information content (AvgIpc) is 2.41. The van der Waals surface area contributed by atoms with Crippen LogP contribution in [-0.2, 0) is 4.74 Å². The Morgan fingerprint density at radius 1 is 1.39 bits per heavy atom. The first-order chi connectivity index (χ1) is 8.70. The van der Waals surface area contributed by atoms with Crippen LogP contribution in [0.25, 0.3) is 0 Å². The maximum absolute atomic E-state index is 5.66. The average molecular weight is 250 g/mol. The van der Waals surface area contributed by atoms with Crippen LogP contribution >= 0.6 is 0 Å². The normalized spacial score (nSPS) is 19.6. The van der Waals surface area contributed by atoms with Crippen molar-refractivity contribution in [3.8, 4) is 5.75 Å². The van der Waals surface area contributed by atoms with Crippen LogP contribution in [0.15, 0.2) is 12.1 Å². The van der Waals surface area contributed by atoms with Crippen molar-refractivity contribution in [1.82, 2.24) is 5.32 Å². The van der Waals surface area contributed by atoms with Crippen LogP contribution in [0.1, 0.15) is 11.1 Å². The van der Waals surface area contributed by atoms with Crippen molar-refractivity contribution >= 4 is 5.69 Å². The molecule has 1 aliphatic heterocycles. The van der Waals surface area contributed by atoms with Crippen molar-refractivity contribution in [3.05, 3.63) is 23.3 Å². The summed E-state index contributed by atoms with van der Waals surface area (Å²) >= 11 is 0. The lowest BCUT2D eigenvalue weighted by Crippen LogP contribution is -2.42. The number of ether oxygens (including phenoxy) is 2. The summed E-state index contributed by atoms with van der Waals surface area (Å²) in [6, 6.07) is 4.20. The number of morpholine rings is 1. The molecule has 0 radical (unpaired) electrons.